The monoisotopic (exact) mass is 587 g/mol. The van der Waals surface area contributed by atoms with E-state index in [9.17, 15) is 19.5 Å². The van der Waals surface area contributed by atoms with E-state index in [2.05, 4.69) is 15.3 Å². The number of aliphatic imine (C=N–C) groups is 1. The summed E-state index contributed by atoms with van der Waals surface area (Å²) in [5.74, 6) is 0.0444. The Balaban J connectivity index is 1.38. The first-order valence-electron chi connectivity index (χ1n) is 14.6. The second-order valence-corrected chi connectivity index (χ2v) is 11.1. The van der Waals surface area contributed by atoms with Crippen molar-refractivity contribution in [3.05, 3.63) is 93.7 Å². The molecule has 11 nitrogen and oxygen atoms in total. The number of carbonyl (C=O) groups excluding carboxylic acids is 2. The molecule has 4 rings (SSSR count). The number of nitrogens with one attached hydrogen (secondary N) is 1. The van der Waals surface area contributed by atoms with Crippen LogP contribution in [0.2, 0.25) is 0 Å². The van der Waals surface area contributed by atoms with Crippen LogP contribution >= 0.6 is 0 Å². The largest absolute Gasteiger partial charge is 0.392 e. The van der Waals surface area contributed by atoms with E-state index in [1.807, 2.05) is 61.5 Å². The minimum absolute atomic E-state index is 0.0228. The number of nitrogen functional groups attached to an aromatic ring is 1. The number of aromatic nitrogens is 2. The number of likely N-dealkylation sites (tertiary alicyclic amines) is 1. The van der Waals surface area contributed by atoms with Crippen LogP contribution in [0, 0.1) is 0 Å². The first kappa shape index (κ1) is 31.6. The molecule has 0 aliphatic carbocycles. The third-order valence-electron chi connectivity index (χ3n) is 7.97. The van der Waals surface area contributed by atoms with E-state index in [4.69, 9.17) is 11.5 Å². The third kappa shape index (κ3) is 7.94. The average Bonchev–Trinajstić information content (AvgIpc) is 3.01. The van der Waals surface area contributed by atoms with Gasteiger partial charge in [-0.05, 0) is 29.9 Å². The SMILES string of the molecule is CN=C(c1ccc(CNC(=O)CCN)cc1)c1ncn(CC2(O)CCN(C(=O)C[C@@H](C)c3ccccc3)CC2)c(=O)c1N. The Morgan fingerprint density at radius 3 is 2.42 bits per heavy atom. The van der Waals surface area contributed by atoms with E-state index in [1.54, 1.807) is 11.9 Å². The predicted molar refractivity (Wildman–Crippen MR) is 167 cm³/mol. The molecule has 2 heterocycles. The fourth-order valence-electron chi connectivity index (χ4n) is 5.32. The summed E-state index contributed by atoms with van der Waals surface area (Å²) in [5.41, 5.74) is 13.4. The van der Waals surface area contributed by atoms with Gasteiger partial charge in [0.15, 0.2) is 0 Å². The molecule has 1 saturated heterocycles. The van der Waals surface area contributed by atoms with Crippen molar-refractivity contribution < 1.29 is 14.7 Å². The quantitative estimate of drug-likeness (QED) is 0.248. The molecular weight excluding hydrogens is 546 g/mol. The minimum atomic E-state index is -1.17. The first-order chi connectivity index (χ1) is 20.6. The zero-order chi connectivity index (χ0) is 31.0. The van der Waals surface area contributed by atoms with E-state index in [1.165, 1.54) is 10.9 Å². The van der Waals surface area contributed by atoms with Crippen LogP contribution in [-0.4, -0.2) is 69.4 Å². The predicted octanol–water partition coefficient (Wildman–Crippen LogP) is 1.81. The van der Waals surface area contributed by atoms with E-state index in [-0.39, 0.29) is 42.1 Å². The third-order valence-corrected chi connectivity index (χ3v) is 7.97. The van der Waals surface area contributed by atoms with Gasteiger partial charge < -0.3 is 26.8 Å². The Bertz CT molecular complexity index is 1490. The number of aliphatic hydroxyl groups is 1. The van der Waals surface area contributed by atoms with Crippen LogP contribution in [0.1, 0.15) is 60.9 Å². The van der Waals surface area contributed by atoms with Crippen molar-refractivity contribution in [3.8, 4) is 0 Å². The van der Waals surface area contributed by atoms with Crippen molar-refractivity contribution in [2.24, 2.45) is 10.7 Å². The van der Waals surface area contributed by atoms with Gasteiger partial charge in [0.25, 0.3) is 5.56 Å². The van der Waals surface area contributed by atoms with E-state index in [0.29, 0.717) is 56.7 Å². The Hall–Kier alpha value is -4.35. The molecule has 3 aromatic rings. The summed E-state index contributed by atoms with van der Waals surface area (Å²) < 4.78 is 1.33. The Morgan fingerprint density at radius 1 is 1.12 bits per heavy atom. The summed E-state index contributed by atoms with van der Waals surface area (Å²) in [6.45, 7) is 3.54. The van der Waals surface area contributed by atoms with Gasteiger partial charge in [-0.25, -0.2) is 4.98 Å². The molecule has 11 heteroatoms. The van der Waals surface area contributed by atoms with Gasteiger partial charge in [-0.15, -0.1) is 0 Å². The summed E-state index contributed by atoms with van der Waals surface area (Å²) in [7, 11) is 1.60. The zero-order valence-electron chi connectivity index (χ0n) is 24.8. The lowest BCUT2D eigenvalue weighted by atomic mass is 9.90. The average molecular weight is 588 g/mol. The van der Waals surface area contributed by atoms with Crippen molar-refractivity contribution in [3.63, 3.8) is 0 Å². The molecule has 43 heavy (non-hydrogen) atoms. The normalized spacial score (nSPS) is 15.6. The Labute approximate surface area is 251 Å². The molecule has 0 unspecified atom stereocenters. The van der Waals surface area contributed by atoms with E-state index in [0.717, 1.165) is 11.1 Å². The number of piperidine rings is 1. The van der Waals surface area contributed by atoms with E-state index >= 15 is 0 Å². The molecule has 0 saturated carbocycles. The summed E-state index contributed by atoms with van der Waals surface area (Å²) in [6, 6.07) is 17.3. The molecular formula is C32H41N7O4. The Kier molecular flexibility index (Phi) is 10.4. The molecule has 0 radical (unpaired) electrons. The summed E-state index contributed by atoms with van der Waals surface area (Å²) in [4.78, 5) is 48.5. The number of rotatable bonds is 11. The maximum Gasteiger partial charge on any atom is 0.277 e. The van der Waals surface area contributed by atoms with Gasteiger partial charge in [0.1, 0.15) is 11.4 Å². The molecule has 1 aliphatic heterocycles. The highest BCUT2D eigenvalue weighted by atomic mass is 16.3. The van der Waals surface area contributed by atoms with E-state index < -0.39 is 11.2 Å². The Morgan fingerprint density at radius 2 is 1.79 bits per heavy atom. The van der Waals surface area contributed by atoms with Crippen molar-refractivity contribution in [2.75, 3.05) is 32.4 Å². The maximum atomic E-state index is 13.3. The first-order valence-corrected chi connectivity index (χ1v) is 14.6. The molecule has 2 amide bonds. The molecule has 6 N–H and O–H groups in total. The molecule has 1 atom stereocenters. The van der Waals surface area contributed by atoms with Crippen LogP contribution in [0.5, 0.6) is 0 Å². The number of anilines is 1. The fourth-order valence-corrected chi connectivity index (χ4v) is 5.32. The highest BCUT2D eigenvalue weighted by Crippen LogP contribution is 2.26. The van der Waals surface area contributed by atoms with Gasteiger partial charge in [0, 0.05) is 51.6 Å². The minimum Gasteiger partial charge on any atom is -0.392 e. The molecule has 1 fully saturated rings. The molecule has 1 aliphatic rings. The second-order valence-electron chi connectivity index (χ2n) is 11.1. The summed E-state index contributed by atoms with van der Waals surface area (Å²) in [6.07, 6.45) is 2.74. The number of amides is 2. The molecule has 2 aromatic carbocycles. The van der Waals surface area contributed by atoms with Crippen molar-refractivity contribution in [1.82, 2.24) is 19.8 Å². The van der Waals surface area contributed by atoms with Crippen molar-refractivity contribution >= 4 is 23.2 Å². The highest BCUT2D eigenvalue weighted by Gasteiger charge is 2.35. The van der Waals surface area contributed by atoms with Gasteiger partial charge >= 0.3 is 0 Å². The van der Waals surface area contributed by atoms with Gasteiger partial charge in [-0.1, -0.05) is 61.5 Å². The van der Waals surface area contributed by atoms with Crippen molar-refractivity contribution in [1.29, 1.82) is 0 Å². The fraction of sp³-hybridized carbons (Fsp3) is 0.406. The van der Waals surface area contributed by atoms with Crippen LogP contribution in [0.4, 0.5) is 5.69 Å². The lowest BCUT2D eigenvalue weighted by molar-refractivity contribution is -0.136. The number of nitrogens with two attached hydrogens (primary N) is 2. The van der Waals surface area contributed by atoms with Gasteiger partial charge in [0.05, 0.1) is 24.2 Å². The lowest BCUT2D eigenvalue weighted by Crippen LogP contribution is -2.50. The molecule has 228 valence electrons. The van der Waals surface area contributed by atoms with Gasteiger partial charge in [-0.2, -0.15) is 0 Å². The molecule has 1 aromatic heterocycles. The maximum absolute atomic E-state index is 13.3. The standard InChI is InChI=1S/C32H41N7O4/c1-22(24-6-4-3-5-7-24)18-27(41)38-16-13-32(43,14-17-38)20-39-21-37-30(28(34)31(39)42)29(35-2)25-10-8-23(9-11-25)19-36-26(40)12-15-33/h3-11,21-22,43H,12-20,33-34H2,1-2H3,(H,36,40)/t22-/m1/s1. The second kappa shape index (κ2) is 14.2. The summed E-state index contributed by atoms with van der Waals surface area (Å²) in [5, 5.41) is 14.1. The van der Waals surface area contributed by atoms with Crippen molar-refractivity contribution in [2.45, 2.75) is 57.2 Å². The van der Waals surface area contributed by atoms with Gasteiger partial charge in [0.2, 0.25) is 11.8 Å². The summed E-state index contributed by atoms with van der Waals surface area (Å²) >= 11 is 0. The van der Waals surface area contributed by atoms with Gasteiger partial charge in [-0.3, -0.25) is 23.9 Å². The smallest absolute Gasteiger partial charge is 0.277 e. The number of carbonyl (C=O) groups is 2. The number of hydrogen-bond donors (Lipinski definition) is 4. The topological polar surface area (TPSA) is 169 Å². The van der Waals surface area contributed by atoms with Crippen LogP contribution in [0.3, 0.4) is 0 Å². The molecule has 0 bridgehead atoms. The van der Waals surface area contributed by atoms with Crippen LogP contribution in [0.15, 0.2) is 70.7 Å². The van der Waals surface area contributed by atoms with Crippen LogP contribution < -0.4 is 22.3 Å². The highest BCUT2D eigenvalue weighted by molar-refractivity contribution is 6.14. The number of nitrogens with zero attached hydrogens (tertiary/aromatic N) is 4. The van der Waals surface area contributed by atoms with Crippen LogP contribution in [-0.2, 0) is 22.7 Å². The number of benzene rings is 2. The molecule has 0 spiro atoms. The number of hydrogen-bond acceptors (Lipinski definition) is 8. The van der Waals surface area contributed by atoms with Crippen LogP contribution in [0.25, 0.3) is 0 Å². The zero-order valence-corrected chi connectivity index (χ0v) is 24.8. The lowest BCUT2D eigenvalue weighted by Gasteiger charge is -2.38.